The summed E-state index contributed by atoms with van der Waals surface area (Å²) in [5.74, 6) is 0.0631. The van der Waals surface area contributed by atoms with Gasteiger partial charge in [-0.05, 0) is 26.2 Å². The first-order chi connectivity index (χ1) is 12.6. The van der Waals surface area contributed by atoms with Crippen LogP contribution in [0.2, 0.25) is 0 Å². The highest BCUT2D eigenvalue weighted by molar-refractivity contribution is 5.75. The van der Waals surface area contributed by atoms with Gasteiger partial charge >= 0.3 is 0 Å². The molecule has 0 aliphatic carbocycles. The Morgan fingerprint density at radius 3 is 1.29 bits per heavy atom. The maximum absolute atomic E-state index is 11.1. The van der Waals surface area contributed by atoms with E-state index in [0.29, 0.717) is 78.5 Å². The molecule has 0 aromatic rings. The molecule has 0 fully saturated rings. The third-order valence-electron chi connectivity index (χ3n) is 3.57. The minimum atomic E-state index is -0.558. The van der Waals surface area contributed by atoms with Crippen molar-refractivity contribution in [3.05, 3.63) is 0 Å². The second kappa shape index (κ2) is 22.7. The van der Waals surface area contributed by atoms with Crippen molar-refractivity contribution in [2.75, 3.05) is 72.7 Å². The maximum atomic E-state index is 11.1. The summed E-state index contributed by atoms with van der Waals surface area (Å²) in [5.41, 5.74) is -0.558. The third-order valence-corrected chi connectivity index (χ3v) is 3.57. The molecule has 0 aliphatic heterocycles. The van der Waals surface area contributed by atoms with E-state index >= 15 is 0 Å². The molecule has 3 N–H and O–H groups in total. The van der Waals surface area contributed by atoms with Crippen LogP contribution < -0.4 is 0 Å². The number of aliphatic hydroxyl groups excluding tert-OH is 3. The lowest BCUT2D eigenvalue weighted by Crippen LogP contribution is -2.42. The fourth-order valence-electron chi connectivity index (χ4n) is 2.12. The number of aliphatic hydroxyl groups is 3. The van der Waals surface area contributed by atoms with Crippen LogP contribution in [0.25, 0.3) is 0 Å². The summed E-state index contributed by atoms with van der Waals surface area (Å²) in [7, 11) is 0. The molecule has 0 amide bonds. The van der Waals surface area contributed by atoms with E-state index in [1.165, 1.54) is 6.92 Å². The second-order valence-electron chi connectivity index (χ2n) is 6.39. The number of carbonyl (C=O) groups excluding carboxylic acids is 1. The van der Waals surface area contributed by atoms with Crippen molar-refractivity contribution in [1.82, 2.24) is 0 Å². The standard InChI is InChI=1S/C18H36O8.2CH4/c1-17(22)5-12-26-16-18(13-23-9-2-6-19,14-24-10-3-7-20)15-25-11-4-8-21;;/h19-21H,2-16H2,1H3;2*1H4. The lowest BCUT2D eigenvalue weighted by atomic mass is 9.92. The van der Waals surface area contributed by atoms with Crippen molar-refractivity contribution < 1.29 is 39.1 Å². The summed E-state index contributed by atoms with van der Waals surface area (Å²) in [6.07, 6.45) is 1.96. The molecule has 172 valence electrons. The largest absolute Gasteiger partial charge is 0.396 e. The van der Waals surface area contributed by atoms with E-state index in [9.17, 15) is 4.79 Å². The topological polar surface area (TPSA) is 115 Å². The van der Waals surface area contributed by atoms with Crippen molar-refractivity contribution in [1.29, 1.82) is 0 Å². The van der Waals surface area contributed by atoms with Crippen LogP contribution in [0.1, 0.15) is 47.5 Å². The zero-order chi connectivity index (χ0) is 19.5. The number of hydrogen-bond donors (Lipinski definition) is 3. The van der Waals surface area contributed by atoms with E-state index in [4.69, 9.17) is 34.3 Å². The van der Waals surface area contributed by atoms with Gasteiger partial charge in [0.1, 0.15) is 5.78 Å². The van der Waals surface area contributed by atoms with E-state index in [2.05, 4.69) is 0 Å². The minimum absolute atomic E-state index is 0. The van der Waals surface area contributed by atoms with Crippen LogP contribution in [0.15, 0.2) is 0 Å². The van der Waals surface area contributed by atoms with Gasteiger partial charge in [-0.25, -0.2) is 0 Å². The van der Waals surface area contributed by atoms with Crippen molar-refractivity contribution in [2.24, 2.45) is 5.41 Å². The average Bonchev–Trinajstić information content (AvgIpc) is 2.63. The van der Waals surface area contributed by atoms with Crippen LogP contribution in [0.4, 0.5) is 0 Å². The molecule has 8 nitrogen and oxygen atoms in total. The fraction of sp³-hybridized carbons (Fsp3) is 0.950. The molecular weight excluding hydrogens is 368 g/mol. The van der Waals surface area contributed by atoms with Gasteiger partial charge in [-0.3, -0.25) is 4.79 Å². The van der Waals surface area contributed by atoms with Gasteiger partial charge < -0.3 is 34.3 Å². The molecule has 0 heterocycles. The van der Waals surface area contributed by atoms with Crippen molar-refractivity contribution in [3.8, 4) is 0 Å². The van der Waals surface area contributed by atoms with E-state index in [0.717, 1.165) is 0 Å². The molecule has 0 aromatic heterocycles. The summed E-state index contributed by atoms with van der Waals surface area (Å²) >= 11 is 0. The van der Waals surface area contributed by atoms with E-state index < -0.39 is 5.41 Å². The first-order valence-corrected chi connectivity index (χ1v) is 9.23. The maximum Gasteiger partial charge on any atom is 0.132 e. The number of hydrogen-bond acceptors (Lipinski definition) is 8. The van der Waals surface area contributed by atoms with Crippen molar-refractivity contribution >= 4 is 5.78 Å². The highest BCUT2D eigenvalue weighted by Gasteiger charge is 2.32. The Bertz CT molecular complexity index is 294. The fourth-order valence-corrected chi connectivity index (χ4v) is 2.12. The third kappa shape index (κ3) is 18.7. The number of rotatable bonds is 20. The Balaban J connectivity index is -0.00000312. The van der Waals surface area contributed by atoms with Gasteiger partial charge in [-0.15, -0.1) is 0 Å². The summed E-state index contributed by atoms with van der Waals surface area (Å²) in [4.78, 5) is 11.1. The average molecular weight is 413 g/mol. The van der Waals surface area contributed by atoms with Gasteiger partial charge in [0.15, 0.2) is 0 Å². The Labute approximate surface area is 171 Å². The van der Waals surface area contributed by atoms with Crippen LogP contribution in [-0.2, 0) is 23.7 Å². The Morgan fingerprint density at radius 1 is 0.679 bits per heavy atom. The number of ketones is 1. The van der Waals surface area contributed by atoms with Crippen LogP contribution in [0.5, 0.6) is 0 Å². The van der Waals surface area contributed by atoms with Gasteiger partial charge in [0.2, 0.25) is 0 Å². The first-order valence-electron chi connectivity index (χ1n) is 9.23. The van der Waals surface area contributed by atoms with E-state index in [1.54, 1.807) is 0 Å². The van der Waals surface area contributed by atoms with Gasteiger partial charge in [-0.1, -0.05) is 14.9 Å². The molecular formula is C20H44O8. The molecule has 0 rings (SSSR count). The molecule has 0 bridgehead atoms. The SMILES string of the molecule is C.C.CC(=O)CCOCC(COCCCO)(COCCCO)COCCCO. The van der Waals surface area contributed by atoms with E-state index in [1.807, 2.05) is 0 Å². The van der Waals surface area contributed by atoms with Crippen molar-refractivity contribution in [2.45, 2.75) is 47.5 Å². The molecule has 0 aromatic carbocycles. The van der Waals surface area contributed by atoms with Gasteiger partial charge in [0, 0.05) is 46.1 Å². The summed E-state index contributed by atoms with van der Waals surface area (Å²) in [6.45, 7) is 4.54. The summed E-state index contributed by atoms with van der Waals surface area (Å²) in [5, 5.41) is 26.7. The summed E-state index contributed by atoms with van der Waals surface area (Å²) in [6, 6.07) is 0. The Morgan fingerprint density at radius 2 is 1.00 bits per heavy atom. The molecule has 0 atom stereocenters. The summed E-state index contributed by atoms with van der Waals surface area (Å²) < 4.78 is 22.7. The smallest absolute Gasteiger partial charge is 0.132 e. The van der Waals surface area contributed by atoms with Gasteiger partial charge in [0.05, 0.1) is 38.4 Å². The number of ether oxygens (including phenoxy) is 4. The lowest BCUT2D eigenvalue weighted by Gasteiger charge is -2.33. The predicted molar refractivity (Wildman–Crippen MR) is 110 cm³/mol. The lowest BCUT2D eigenvalue weighted by molar-refractivity contribution is -0.121. The molecule has 0 spiro atoms. The first kappa shape index (κ1) is 32.1. The predicted octanol–water partition coefficient (Wildman–Crippen LogP) is 1.44. The van der Waals surface area contributed by atoms with E-state index in [-0.39, 0.29) is 40.5 Å². The monoisotopic (exact) mass is 412 g/mol. The number of carbonyl (C=O) groups is 1. The Kier molecular flexibility index (Phi) is 26.0. The molecule has 0 saturated carbocycles. The molecule has 0 unspecified atom stereocenters. The molecule has 0 saturated heterocycles. The minimum Gasteiger partial charge on any atom is -0.396 e. The highest BCUT2D eigenvalue weighted by atomic mass is 16.5. The van der Waals surface area contributed by atoms with Crippen molar-refractivity contribution in [3.63, 3.8) is 0 Å². The number of Topliss-reactive ketones (excluding diaryl/α,β-unsaturated/α-hetero) is 1. The van der Waals surface area contributed by atoms with Gasteiger partial charge in [0.25, 0.3) is 0 Å². The second-order valence-corrected chi connectivity index (χ2v) is 6.39. The van der Waals surface area contributed by atoms with Gasteiger partial charge in [-0.2, -0.15) is 0 Å². The van der Waals surface area contributed by atoms with Crippen LogP contribution in [0.3, 0.4) is 0 Å². The zero-order valence-corrected chi connectivity index (χ0v) is 16.0. The van der Waals surface area contributed by atoms with Crippen LogP contribution in [-0.4, -0.2) is 93.8 Å². The molecule has 0 aliphatic rings. The normalized spacial score (nSPS) is 11.0. The molecule has 0 radical (unpaired) electrons. The molecule has 28 heavy (non-hydrogen) atoms. The van der Waals surface area contributed by atoms with Crippen LogP contribution in [0, 0.1) is 5.41 Å². The van der Waals surface area contributed by atoms with Crippen LogP contribution >= 0.6 is 0 Å². The quantitative estimate of drug-likeness (QED) is 0.257. The highest BCUT2D eigenvalue weighted by Crippen LogP contribution is 2.21. The Hall–Kier alpha value is -0.610. The zero-order valence-electron chi connectivity index (χ0n) is 16.0. The molecule has 8 heteroatoms.